The second-order valence-electron chi connectivity index (χ2n) is 10.7. The van der Waals surface area contributed by atoms with Crippen molar-refractivity contribution in [1.29, 1.82) is 0 Å². The van der Waals surface area contributed by atoms with Gasteiger partial charge in [0, 0.05) is 22.5 Å². The second kappa shape index (κ2) is 12.2. The highest BCUT2D eigenvalue weighted by Crippen LogP contribution is 2.41. The lowest BCUT2D eigenvalue weighted by molar-refractivity contribution is -0.273. The van der Waals surface area contributed by atoms with Crippen LogP contribution in [0.15, 0.2) is 65.7 Å². The van der Waals surface area contributed by atoms with Crippen LogP contribution in [0.2, 0.25) is 5.02 Å². The number of hydrogen-bond acceptors (Lipinski definition) is 7. The maximum absolute atomic E-state index is 14.3. The summed E-state index contributed by atoms with van der Waals surface area (Å²) in [5, 5.41) is 15.7. The van der Waals surface area contributed by atoms with Gasteiger partial charge in [-0.05, 0) is 48.4 Å². The van der Waals surface area contributed by atoms with Crippen molar-refractivity contribution in [2.24, 2.45) is 10.7 Å². The first kappa shape index (κ1) is 31.7. The van der Waals surface area contributed by atoms with E-state index in [9.17, 15) is 31.4 Å². The first-order valence-electron chi connectivity index (χ1n) is 13.8. The molecule has 0 saturated carbocycles. The molecule has 3 heterocycles. The van der Waals surface area contributed by atoms with Gasteiger partial charge in [0.15, 0.2) is 23.3 Å². The molecule has 0 bridgehead atoms. The highest BCUT2D eigenvalue weighted by atomic mass is 35.5. The van der Waals surface area contributed by atoms with Crippen molar-refractivity contribution < 1.29 is 40.9 Å². The molecule has 15 heteroatoms. The molecular weight excluding hydrogens is 640 g/mol. The molecule has 4 aromatic rings. The minimum absolute atomic E-state index is 0.00266. The topological polar surface area (TPSA) is 108 Å². The molecule has 0 spiro atoms. The number of ether oxygens (including phenoxy) is 2. The van der Waals surface area contributed by atoms with Crippen LogP contribution in [0.4, 0.5) is 26.3 Å². The molecule has 0 aliphatic carbocycles. The third-order valence-corrected chi connectivity index (χ3v) is 7.90. The molecule has 5 atom stereocenters. The van der Waals surface area contributed by atoms with Gasteiger partial charge in [-0.2, -0.15) is 18.3 Å². The SMILES string of the molecule is Cc1nc(C2OC3COC3C(N=CC(=C(N)c3ccccc3)c3cc(F)c(F)c(F)c3)C2O)n(-c2cc(Cl)ccc2C(F)(F)F)n1. The molecule has 2 aliphatic rings. The maximum atomic E-state index is 14.3. The number of aliphatic hydroxyl groups excluding tert-OH is 1. The molecule has 240 valence electrons. The van der Waals surface area contributed by atoms with Crippen LogP contribution in [0.3, 0.4) is 0 Å². The van der Waals surface area contributed by atoms with E-state index in [1.807, 2.05) is 0 Å². The number of nitrogens with zero attached hydrogens (tertiary/aromatic N) is 4. The van der Waals surface area contributed by atoms with Crippen molar-refractivity contribution in [3.8, 4) is 5.69 Å². The summed E-state index contributed by atoms with van der Waals surface area (Å²) in [7, 11) is 0. The number of nitrogens with two attached hydrogens (primary N) is 1. The first-order valence-corrected chi connectivity index (χ1v) is 14.2. The van der Waals surface area contributed by atoms with E-state index in [4.69, 9.17) is 26.8 Å². The largest absolute Gasteiger partial charge is 0.418 e. The zero-order valence-corrected chi connectivity index (χ0v) is 24.5. The van der Waals surface area contributed by atoms with E-state index in [0.717, 1.165) is 35.0 Å². The Morgan fingerprint density at radius 3 is 2.39 bits per heavy atom. The van der Waals surface area contributed by atoms with Gasteiger partial charge < -0.3 is 20.3 Å². The lowest BCUT2D eigenvalue weighted by Crippen LogP contribution is -2.62. The fourth-order valence-corrected chi connectivity index (χ4v) is 5.57. The maximum Gasteiger partial charge on any atom is 0.418 e. The Morgan fingerprint density at radius 2 is 1.76 bits per heavy atom. The standard InChI is InChI=1S/C31H24ClF6N5O3/c1-14-41-30(43(42-14)22-11-17(32)7-8-19(22)31(36,37)38)29-27(44)26(28-23(46-29)13-45-28)40-12-18(25(39)15-5-3-2-4-6-15)16-9-20(33)24(35)21(34)10-16/h2-12,23,26-29,44H,13,39H2,1H3. The molecule has 0 radical (unpaired) electrons. The molecule has 1 aromatic heterocycles. The molecule has 2 saturated heterocycles. The fourth-order valence-electron chi connectivity index (χ4n) is 5.41. The summed E-state index contributed by atoms with van der Waals surface area (Å²) < 4.78 is 96.9. The van der Waals surface area contributed by atoms with Crippen LogP contribution >= 0.6 is 11.6 Å². The zero-order valence-electron chi connectivity index (χ0n) is 23.7. The van der Waals surface area contributed by atoms with Gasteiger partial charge in [0.05, 0.1) is 17.9 Å². The van der Waals surface area contributed by atoms with E-state index in [1.165, 1.54) is 13.1 Å². The van der Waals surface area contributed by atoms with Crippen LogP contribution in [0.5, 0.6) is 0 Å². The van der Waals surface area contributed by atoms with Gasteiger partial charge in [-0.25, -0.2) is 22.8 Å². The Morgan fingerprint density at radius 1 is 1.07 bits per heavy atom. The summed E-state index contributed by atoms with van der Waals surface area (Å²) in [5.74, 6) is -4.63. The van der Waals surface area contributed by atoms with E-state index in [-0.39, 0.29) is 40.1 Å². The average molecular weight is 664 g/mol. The second-order valence-corrected chi connectivity index (χ2v) is 11.1. The smallest absolute Gasteiger partial charge is 0.398 e. The predicted molar refractivity (Wildman–Crippen MR) is 156 cm³/mol. The summed E-state index contributed by atoms with van der Waals surface area (Å²) in [5.41, 5.74) is 5.30. The number of alkyl halides is 3. The van der Waals surface area contributed by atoms with E-state index in [1.54, 1.807) is 30.3 Å². The summed E-state index contributed by atoms with van der Waals surface area (Å²) >= 11 is 6.06. The highest BCUT2D eigenvalue weighted by molar-refractivity contribution is 6.30. The molecule has 46 heavy (non-hydrogen) atoms. The Labute approximate surface area is 262 Å². The minimum Gasteiger partial charge on any atom is -0.398 e. The molecular formula is C31H24ClF6N5O3. The Balaban J connectivity index is 1.42. The van der Waals surface area contributed by atoms with E-state index in [0.29, 0.717) is 5.56 Å². The minimum atomic E-state index is -4.77. The van der Waals surface area contributed by atoms with Gasteiger partial charge in [0.25, 0.3) is 0 Å². The monoisotopic (exact) mass is 663 g/mol. The van der Waals surface area contributed by atoms with Gasteiger partial charge in [0.2, 0.25) is 0 Å². The van der Waals surface area contributed by atoms with Crippen molar-refractivity contribution in [1.82, 2.24) is 14.8 Å². The van der Waals surface area contributed by atoms with Crippen molar-refractivity contribution in [2.75, 3.05) is 6.61 Å². The lowest BCUT2D eigenvalue weighted by Gasteiger charge is -2.48. The molecule has 2 aliphatic heterocycles. The third kappa shape index (κ3) is 5.88. The number of aliphatic imine (C=N–C) groups is 1. The summed E-state index contributed by atoms with van der Waals surface area (Å²) in [6.45, 7) is 1.55. The van der Waals surface area contributed by atoms with Gasteiger partial charge in [-0.15, -0.1) is 0 Å². The van der Waals surface area contributed by atoms with Crippen LogP contribution in [-0.4, -0.2) is 57.0 Å². The summed E-state index contributed by atoms with van der Waals surface area (Å²) in [6, 6.07) is 11.8. The lowest BCUT2D eigenvalue weighted by atomic mass is 9.89. The van der Waals surface area contributed by atoms with E-state index in [2.05, 4.69) is 15.1 Å². The number of benzene rings is 3. The van der Waals surface area contributed by atoms with Crippen molar-refractivity contribution in [3.63, 3.8) is 0 Å². The van der Waals surface area contributed by atoms with Crippen LogP contribution in [0, 0.1) is 24.4 Å². The van der Waals surface area contributed by atoms with Gasteiger partial charge >= 0.3 is 6.18 Å². The Bertz CT molecular complexity index is 1830. The molecule has 3 aromatic carbocycles. The number of halogens is 7. The van der Waals surface area contributed by atoms with Gasteiger partial charge in [0.1, 0.15) is 36.3 Å². The number of aliphatic hydroxyl groups is 1. The number of allylic oxidation sites excluding steroid dienone is 1. The van der Waals surface area contributed by atoms with Crippen LogP contribution in [-0.2, 0) is 15.7 Å². The predicted octanol–water partition coefficient (Wildman–Crippen LogP) is 5.83. The normalized spacial score (nSPS) is 23.6. The molecule has 2 fully saturated rings. The molecule has 8 nitrogen and oxygen atoms in total. The molecule has 5 unspecified atom stereocenters. The van der Waals surface area contributed by atoms with Crippen molar-refractivity contribution in [3.05, 3.63) is 111 Å². The number of aryl methyl sites for hydroxylation is 1. The Hall–Kier alpha value is -4.24. The Kier molecular flexibility index (Phi) is 8.40. The van der Waals surface area contributed by atoms with Crippen molar-refractivity contribution in [2.45, 2.75) is 43.6 Å². The quantitative estimate of drug-likeness (QED) is 0.116. The third-order valence-electron chi connectivity index (χ3n) is 7.67. The summed E-state index contributed by atoms with van der Waals surface area (Å²) in [6.07, 6.45) is -7.94. The highest BCUT2D eigenvalue weighted by Gasteiger charge is 2.53. The van der Waals surface area contributed by atoms with Crippen LogP contribution in [0.25, 0.3) is 17.0 Å². The van der Waals surface area contributed by atoms with E-state index < -0.39 is 65.3 Å². The fraction of sp³-hybridized carbons (Fsp3) is 0.258. The van der Waals surface area contributed by atoms with Crippen LogP contribution in [0.1, 0.15) is 34.4 Å². The summed E-state index contributed by atoms with van der Waals surface area (Å²) in [4.78, 5) is 8.78. The number of fused-ring (bicyclic) bond motifs is 1. The van der Waals surface area contributed by atoms with Crippen molar-refractivity contribution >= 4 is 29.1 Å². The number of hydrogen-bond donors (Lipinski definition) is 2. The van der Waals surface area contributed by atoms with E-state index >= 15 is 0 Å². The molecule has 0 amide bonds. The molecule has 3 N–H and O–H groups in total. The zero-order chi connectivity index (χ0) is 32.9. The van der Waals surface area contributed by atoms with Crippen LogP contribution < -0.4 is 5.73 Å². The van der Waals surface area contributed by atoms with Gasteiger partial charge in [-0.1, -0.05) is 41.9 Å². The van der Waals surface area contributed by atoms with Gasteiger partial charge in [-0.3, -0.25) is 4.99 Å². The molecule has 6 rings (SSSR count). The average Bonchev–Trinajstić information content (AvgIpc) is 3.38. The first-order chi connectivity index (χ1) is 21.8. The number of aromatic nitrogens is 3. The number of rotatable bonds is 6.